The fraction of sp³-hybridized carbons (Fsp3) is 0.769. The molecule has 0 radical (unpaired) electrons. The maximum absolute atomic E-state index is 6.15. The highest BCUT2D eigenvalue weighted by Crippen LogP contribution is 2.31. The average Bonchev–Trinajstić information content (AvgIpc) is 2.66. The van der Waals surface area contributed by atoms with Crippen LogP contribution in [0.3, 0.4) is 0 Å². The molecule has 0 aromatic carbocycles. The van der Waals surface area contributed by atoms with E-state index in [9.17, 15) is 0 Å². The topological polar surface area (TPSA) is 55.9 Å². The molecule has 1 aromatic heterocycles. The predicted molar refractivity (Wildman–Crippen MR) is 80.2 cm³/mol. The van der Waals surface area contributed by atoms with Crippen LogP contribution >= 0.6 is 11.8 Å². The van der Waals surface area contributed by atoms with Crippen molar-refractivity contribution in [3.63, 3.8) is 0 Å². The second-order valence-electron chi connectivity index (χ2n) is 5.05. The van der Waals surface area contributed by atoms with Gasteiger partial charge in [-0.2, -0.15) is 16.9 Å². The van der Waals surface area contributed by atoms with Crippen molar-refractivity contribution in [3.05, 3.63) is 5.69 Å². The van der Waals surface area contributed by atoms with Crippen LogP contribution in [0.25, 0.3) is 0 Å². The van der Waals surface area contributed by atoms with E-state index in [-0.39, 0.29) is 0 Å². The van der Waals surface area contributed by atoms with Crippen LogP contribution in [0.1, 0.15) is 38.3 Å². The van der Waals surface area contributed by atoms with E-state index in [2.05, 4.69) is 23.6 Å². The molecule has 0 aliphatic heterocycles. The van der Waals surface area contributed by atoms with Gasteiger partial charge in [-0.3, -0.25) is 4.68 Å². The maximum Gasteiger partial charge on any atom is 0.147 e. The molecule has 1 heterocycles. The van der Waals surface area contributed by atoms with E-state index < -0.39 is 0 Å². The number of nitrogens with two attached hydrogens (primary N) is 1. The van der Waals surface area contributed by atoms with Crippen molar-refractivity contribution in [1.82, 2.24) is 9.78 Å². The van der Waals surface area contributed by atoms with Crippen LogP contribution in [0, 0.1) is 0 Å². The SMILES string of the molecule is CCc1nn(C)c(NC2CCCC(SC)C2)c1N. The fourth-order valence-corrected chi connectivity index (χ4v) is 3.54. The molecule has 1 saturated carbocycles. The Bertz CT molecular complexity index is 402. The summed E-state index contributed by atoms with van der Waals surface area (Å²) in [4.78, 5) is 0. The molecule has 1 aliphatic carbocycles. The number of nitrogens with zero attached hydrogens (tertiary/aromatic N) is 2. The van der Waals surface area contributed by atoms with Crippen molar-refractivity contribution in [2.75, 3.05) is 17.3 Å². The summed E-state index contributed by atoms with van der Waals surface area (Å²) in [6, 6.07) is 0.540. The summed E-state index contributed by atoms with van der Waals surface area (Å²) < 4.78 is 1.89. The molecule has 2 atom stereocenters. The molecule has 102 valence electrons. The second-order valence-corrected chi connectivity index (χ2v) is 6.19. The normalized spacial score (nSPS) is 24.2. The van der Waals surface area contributed by atoms with Crippen LogP contribution in [-0.4, -0.2) is 27.3 Å². The highest BCUT2D eigenvalue weighted by molar-refractivity contribution is 7.99. The van der Waals surface area contributed by atoms with E-state index in [1.54, 1.807) is 0 Å². The quantitative estimate of drug-likeness (QED) is 0.881. The van der Waals surface area contributed by atoms with Gasteiger partial charge in [-0.05, 0) is 31.9 Å². The highest BCUT2D eigenvalue weighted by atomic mass is 32.2. The van der Waals surface area contributed by atoms with Crippen LogP contribution in [0.2, 0.25) is 0 Å². The lowest BCUT2D eigenvalue weighted by atomic mass is 9.95. The number of aryl methyl sites for hydroxylation is 2. The lowest BCUT2D eigenvalue weighted by molar-refractivity contribution is 0.471. The van der Waals surface area contributed by atoms with Gasteiger partial charge >= 0.3 is 0 Å². The van der Waals surface area contributed by atoms with Gasteiger partial charge in [0, 0.05) is 18.3 Å². The molecule has 2 unspecified atom stereocenters. The van der Waals surface area contributed by atoms with Crippen LogP contribution in [0.15, 0.2) is 0 Å². The molecule has 3 N–H and O–H groups in total. The molecular weight excluding hydrogens is 244 g/mol. The Hall–Kier alpha value is -0.840. The lowest BCUT2D eigenvalue weighted by Crippen LogP contribution is -2.29. The molecule has 4 nitrogen and oxygen atoms in total. The zero-order valence-corrected chi connectivity index (χ0v) is 12.4. The van der Waals surface area contributed by atoms with Crippen LogP contribution in [0.5, 0.6) is 0 Å². The number of aromatic nitrogens is 2. The average molecular weight is 268 g/mol. The van der Waals surface area contributed by atoms with E-state index in [0.29, 0.717) is 6.04 Å². The number of nitrogen functional groups attached to an aromatic ring is 1. The van der Waals surface area contributed by atoms with Gasteiger partial charge in [0.25, 0.3) is 0 Å². The van der Waals surface area contributed by atoms with Crippen LogP contribution < -0.4 is 11.1 Å². The molecule has 1 fully saturated rings. The minimum atomic E-state index is 0.540. The lowest BCUT2D eigenvalue weighted by Gasteiger charge is -2.29. The van der Waals surface area contributed by atoms with Crippen molar-refractivity contribution < 1.29 is 0 Å². The number of rotatable bonds is 4. The van der Waals surface area contributed by atoms with E-state index in [0.717, 1.165) is 28.9 Å². The molecule has 0 spiro atoms. The first-order valence-corrected chi connectivity index (χ1v) is 8.05. The molecule has 18 heavy (non-hydrogen) atoms. The number of hydrogen-bond donors (Lipinski definition) is 2. The molecule has 5 heteroatoms. The molecule has 1 aliphatic rings. The first-order valence-electron chi connectivity index (χ1n) is 6.76. The van der Waals surface area contributed by atoms with Crippen molar-refractivity contribution >= 4 is 23.3 Å². The zero-order chi connectivity index (χ0) is 13.1. The Labute approximate surface area is 114 Å². The Kier molecular flexibility index (Phi) is 4.43. The summed E-state index contributed by atoms with van der Waals surface area (Å²) in [6.07, 6.45) is 8.22. The minimum Gasteiger partial charge on any atom is -0.394 e. The predicted octanol–water partition coefficient (Wildman–Crippen LogP) is 2.65. The van der Waals surface area contributed by atoms with E-state index in [1.807, 2.05) is 23.5 Å². The largest absolute Gasteiger partial charge is 0.394 e. The first-order chi connectivity index (χ1) is 8.65. The highest BCUT2D eigenvalue weighted by Gasteiger charge is 2.23. The molecule has 0 bridgehead atoms. The Morgan fingerprint density at radius 2 is 2.28 bits per heavy atom. The summed E-state index contributed by atoms with van der Waals surface area (Å²) >= 11 is 1.98. The summed E-state index contributed by atoms with van der Waals surface area (Å²) in [5, 5.41) is 8.84. The third-order valence-corrected chi connectivity index (χ3v) is 4.89. The minimum absolute atomic E-state index is 0.540. The Morgan fingerprint density at radius 3 is 2.89 bits per heavy atom. The van der Waals surface area contributed by atoms with Gasteiger partial charge in [-0.1, -0.05) is 13.3 Å². The third kappa shape index (κ3) is 2.76. The van der Waals surface area contributed by atoms with Crippen LogP contribution in [0.4, 0.5) is 11.5 Å². The van der Waals surface area contributed by atoms with E-state index >= 15 is 0 Å². The summed E-state index contributed by atoms with van der Waals surface area (Å²) in [5.41, 5.74) is 7.97. The zero-order valence-electron chi connectivity index (χ0n) is 11.6. The summed E-state index contributed by atoms with van der Waals surface area (Å²) in [7, 11) is 1.97. The van der Waals surface area contributed by atoms with Gasteiger partial charge in [0.1, 0.15) is 5.82 Å². The van der Waals surface area contributed by atoms with E-state index in [4.69, 9.17) is 5.73 Å². The molecular formula is C13H24N4S. The van der Waals surface area contributed by atoms with Gasteiger partial charge in [-0.15, -0.1) is 0 Å². The molecule has 1 aromatic rings. The Morgan fingerprint density at radius 1 is 1.50 bits per heavy atom. The molecule has 0 saturated heterocycles. The number of nitrogens with one attached hydrogen (secondary N) is 1. The van der Waals surface area contributed by atoms with Crippen molar-refractivity contribution in [2.45, 2.75) is 50.3 Å². The summed E-state index contributed by atoms with van der Waals surface area (Å²) in [5.74, 6) is 0.999. The Balaban J connectivity index is 2.07. The third-order valence-electron chi connectivity index (χ3n) is 3.80. The monoisotopic (exact) mass is 268 g/mol. The van der Waals surface area contributed by atoms with Crippen molar-refractivity contribution in [3.8, 4) is 0 Å². The molecule has 0 amide bonds. The first kappa shape index (κ1) is 13.6. The van der Waals surface area contributed by atoms with Gasteiger partial charge in [0.05, 0.1) is 11.4 Å². The fourth-order valence-electron chi connectivity index (χ4n) is 2.71. The number of thioether (sulfide) groups is 1. The van der Waals surface area contributed by atoms with E-state index in [1.165, 1.54) is 25.7 Å². The van der Waals surface area contributed by atoms with Gasteiger partial charge in [0.2, 0.25) is 0 Å². The van der Waals surface area contributed by atoms with Gasteiger partial charge in [0.15, 0.2) is 0 Å². The van der Waals surface area contributed by atoms with Gasteiger partial charge in [-0.25, -0.2) is 0 Å². The van der Waals surface area contributed by atoms with Gasteiger partial charge < -0.3 is 11.1 Å². The number of anilines is 2. The standard InChI is InChI=1S/C13H24N4S/c1-4-11-12(14)13(17(2)16-11)15-9-6-5-7-10(8-9)18-3/h9-10,15H,4-8,14H2,1-3H3. The smallest absolute Gasteiger partial charge is 0.147 e. The van der Waals surface area contributed by atoms with Crippen molar-refractivity contribution in [1.29, 1.82) is 0 Å². The molecule has 2 rings (SSSR count). The van der Waals surface area contributed by atoms with Crippen LogP contribution in [-0.2, 0) is 13.5 Å². The van der Waals surface area contributed by atoms with Crippen molar-refractivity contribution in [2.24, 2.45) is 7.05 Å². The summed E-state index contributed by atoms with van der Waals surface area (Å²) in [6.45, 7) is 2.09. The second kappa shape index (κ2) is 5.87. The number of hydrogen-bond acceptors (Lipinski definition) is 4. The maximum atomic E-state index is 6.15.